The summed E-state index contributed by atoms with van der Waals surface area (Å²) in [6.07, 6.45) is 4.31. The van der Waals surface area contributed by atoms with Gasteiger partial charge in [-0.15, -0.1) is 22.7 Å². The van der Waals surface area contributed by atoms with Crippen LogP contribution in [-0.4, -0.2) is 39.7 Å². The quantitative estimate of drug-likeness (QED) is 0.128. The molecule has 0 aliphatic rings. The van der Waals surface area contributed by atoms with E-state index in [1.807, 2.05) is 31.5 Å². The van der Waals surface area contributed by atoms with Crippen LogP contribution in [0.25, 0.3) is 0 Å². The van der Waals surface area contributed by atoms with Crippen molar-refractivity contribution in [2.75, 3.05) is 13.1 Å². The van der Waals surface area contributed by atoms with Crippen LogP contribution in [0.1, 0.15) is 79.8 Å². The zero-order valence-electron chi connectivity index (χ0n) is 25.6. The number of ether oxygens (including phenoxy) is 3. The fourth-order valence-corrected chi connectivity index (χ4v) is 6.21. The average molecular weight is 699 g/mol. The van der Waals surface area contributed by atoms with Gasteiger partial charge in [-0.1, -0.05) is 23.2 Å². The van der Waals surface area contributed by atoms with Crippen LogP contribution in [0.2, 0.25) is 10.0 Å². The van der Waals surface area contributed by atoms with Gasteiger partial charge in [-0.25, -0.2) is 14.8 Å². The number of halogens is 2. The van der Waals surface area contributed by atoms with Gasteiger partial charge in [0.05, 0.1) is 11.1 Å². The summed E-state index contributed by atoms with van der Waals surface area (Å²) in [6.45, 7) is 6.29. The molecule has 1 amide bonds. The Hall–Kier alpha value is -3.87. The Kier molecular flexibility index (Phi) is 12.6. The van der Waals surface area contributed by atoms with E-state index < -0.39 is 23.9 Å². The third-order valence-corrected chi connectivity index (χ3v) is 8.77. The zero-order valence-corrected chi connectivity index (χ0v) is 28.8. The molecule has 9 nitrogen and oxygen atoms in total. The van der Waals surface area contributed by atoms with E-state index in [4.69, 9.17) is 37.4 Å². The number of carbonyl (C=O) groups excluding carboxylic acids is 1. The van der Waals surface area contributed by atoms with E-state index >= 15 is 0 Å². The van der Waals surface area contributed by atoms with Gasteiger partial charge in [-0.3, -0.25) is 0 Å². The number of carbonyl (C=O) groups is 1. The van der Waals surface area contributed by atoms with Crippen LogP contribution in [0.3, 0.4) is 0 Å². The van der Waals surface area contributed by atoms with E-state index in [-0.39, 0.29) is 0 Å². The zero-order chi connectivity index (χ0) is 33.1. The number of rotatable bonds is 14. The van der Waals surface area contributed by atoms with Gasteiger partial charge >= 0.3 is 6.09 Å². The van der Waals surface area contributed by atoms with E-state index in [1.165, 1.54) is 22.7 Å². The molecule has 0 fully saturated rings. The summed E-state index contributed by atoms with van der Waals surface area (Å²) >= 11 is 15.3. The highest BCUT2D eigenvalue weighted by atomic mass is 35.5. The van der Waals surface area contributed by atoms with Gasteiger partial charge in [-0.2, -0.15) is 10.5 Å². The SMILES string of the molecule is CC(C)(C)OC(=O)N(CCCC(Oc1cc(Cl)ccc1C#N)c1nccs1)CCCC(Oc1cc(Cl)ccc1C#N)c1nccs1. The maximum atomic E-state index is 13.3. The molecular formula is C33H33Cl2N5O4S2. The predicted octanol–water partition coefficient (Wildman–Crippen LogP) is 9.39. The van der Waals surface area contributed by atoms with Crippen molar-refractivity contribution in [2.24, 2.45) is 0 Å². The first kappa shape index (κ1) is 35.0. The van der Waals surface area contributed by atoms with Crippen LogP contribution in [0.15, 0.2) is 59.6 Å². The standard InChI is InChI=1S/C33H33Cl2N5O4S2/c1-33(2,3)44-32(41)40(14-4-6-26(30-38-12-16-45-30)42-28-18-24(34)10-8-22(28)20-36)15-5-7-27(31-39-13-17-46-31)43-29-19-25(35)11-9-23(29)21-37/h8-13,16-19,26-27H,4-7,14-15H2,1-3H3. The highest BCUT2D eigenvalue weighted by Gasteiger charge is 2.25. The van der Waals surface area contributed by atoms with Crippen molar-refractivity contribution in [2.45, 2.75) is 64.3 Å². The highest BCUT2D eigenvalue weighted by molar-refractivity contribution is 7.09. The minimum absolute atomic E-state index is 0.373. The van der Waals surface area contributed by atoms with Crippen molar-refractivity contribution in [3.8, 4) is 23.6 Å². The molecule has 0 saturated carbocycles. The maximum Gasteiger partial charge on any atom is 0.410 e. The highest BCUT2D eigenvalue weighted by Crippen LogP contribution is 2.33. The number of amides is 1. The largest absolute Gasteiger partial charge is 0.482 e. The van der Waals surface area contributed by atoms with Gasteiger partial charge in [0.25, 0.3) is 0 Å². The fraction of sp³-hybridized carbons (Fsp3) is 0.364. The van der Waals surface area contributed by atoms with Crippen molar-refractivity contribution in [3.05, 3.63) is 90.7 Å². The molecule has 4 aromatic rings. The van der Waals surface area contributed by atoms with Crippen LogP contribution in [-0.2, 0) is 4.74 Å². The monoisotopic (exact) mass is 697 g/mol. The summed E-state index contributed by atoms with van der Waals surface area (Å²) in [5.74, 6) is 0.762. The average Bonchev–Trinajstić information content (AvgIpc) is 3.74. The van der Waals surface area contributed by atoms with Gasteiger partial charge < -0.3 is 19.1 Å². The molecule has 0 aliphatic heterocycles. The number of hydrogen-bond acceptors (Lipinski definition) is 10. The number of nitriles is 2. The minimum atomic E-state index is -0.672. The molecule has 0 spiro atoms. The molecule has 46 heavy (non-hydrogen) atoms. The molecule has 240 valence electrons. The van der Waals surface area contributed by atoms with Crippen LogP contribution in [0.5, 0.6) is 11.5 Å². The summed E-state index contributed by atoms with van der Waals surface area (Å²) < 4.78 is 18.3. The fourth-order valence-electron chi connectivity index (χ4n) is 4.49. The van der Waals surface area contributed by atoms with Gasteiger partial charge in [-0.05, 0) is 70.7 Å². The van der Waals surface area contributed by atoms with Crippen molar-refractivity contribution in [1.29, 1.82) is 10.5 Å². The van der Waals surface area contributed by atoms with Crippen LogP contribution in [0, 0.1) is 22.7 Å². The lowest BCUT2D eigenvalue weighted by Gasteiger charge is -2.28. The Morgan fingerprint density at radius 3 is 1.67 bits per heavy atom. The lowest BCUT2D eigenvalue weighted by Crippen LogP contribution is -2.38. The molecule has 0 saturated heterocycles. The first-order chi connectivity index (χ1) is 22.1. The van der Waals surface area contributed by atoms with Crippen molar-refractivity contribution >= 4 is 52.0 Å². The van der Waals surface area contributed by atoms with Crippen LogP contribution >= 0.6 is 45.9 Å². The van der Waals surface area contributed by atoms with Gasteiger partial charge in [0.2, 0.25) is 0 Å². The van der Waals surface area contributed by atoms with Crippen LogP contribution in [0.4, 0.5) is 4.79 Å². The van der Waals surface area contributed by atoms with Gasteiger partial charge in [0, 0.05) is 58.4 Å². The maximum absolute atomic E-state index is 13.3. The second kappa shape index (κ2) is 16.6. The Labute approximate surface area is 286 Å². The van der Waals surface area contributed by atoms with Crippen molar-refractivity contribution in [3.63, 3.8) is 0 Å². The molecule has 0 aliphatic carbocycles. The molecule has 4 rings (SSSR count). The topological polar surface area (TPSA) is 121 Å². The van der Waals surface area contributed by atoms with E-state index in [0.29, 0.717) is 71.4 Å². The first-order valence-electron chi connectivity index (χ1n) is 14.6. The Morgan fingerprint density at radius 2 is 1.30 bits per heavy atom. The second-order valence-electron chi connectivity index (χ2n) is 11.2. The van der Waals surface area contributed by atoms with Crippen molar-refractivity contribution < 1.29 is 19.0 Å². The summed E-state index contributed by atoms with van der Waals surface area (Å²) in [5.41, 5.74) is 0.0746. The normalized spacial score (nSPS) is 12.4. The van der Waals surface area contributed by atoms with E-state index in [9.17, 15) is 15.3 Å². The number of hydrogen-bond donors (Lipinski definition) is 0. The Morgan fingerprint density at radius 1 is 0.848 bits per heavy atom. The summed E-state index contributed by atoms with van der Waals surface area (Å²) in [4.78, 5) is 23.9. The van der Waals surface area contributed by atoms with E-state index in [2.05, 4.69) is 22.1 Å². The Balaban J connectivity index is 1.45. The van der Waals surface area contributed by atoms with E-state index in [1.54, 1.807) is 53.7 Å². The third-order valence-electron chi connectivity index (χ3n) is 6.56. The number of nitrogens with zero attached hydrogens (tertiary/aromatic N) is 5. The molecule has 2 atom stereocenters. The molecule has 0 radical (unpaired) electrons. The second-order valence-corrected chi connectivity index (χ2v) is 13.9. The lowest BCUT2D eigenvalue weighted by molar-refractivity contribution is 0.0231. The van der Waals surface area contributed by atoms with Crippen LogP contribution < -0.4 is 9.47 Å². The summed E-state index contributed by atoms with van der Waals surface area (Å²) in [6, 6.07) is 14.1. The van der Waals surface area contributed by atoms with E-state index in [0.717, 1.165) is 10.0 Å². The van der Waals surface area contributed by atoms with Gasteiger partial charge in [0.1, 0.15) is 39.3 Å². The molecular weight excluding hydrogens is 665 g/mol. The third kappa shape index (κ3) is 10.3. The predicted molar refractivity (Wildman–Crippen MR) is 180 cm³/mol. The number of benzene rings is 2. The molecule has 2 aromatic heterocycles. The molecule has 2 heterocycles. The molecule has 2 aromatic carbocycles. The molecule has 0 N–H and O–H groups in total. The molecule has 13 heteroatoms. The Bertz CT molecular complexity index is 1550. The molecule has 2 unspecified atom stereocenters. The number of aromatic nitrogens is 2. The smallest absolute Gasteiger partial charge is 0.410 e. The van der Waals surface area contributed by atoms with Gasteiger partial charge in [0.15, 0.2) is 12.2 Å². The first-order valence-corrected chi connectivity index (χ1v) is 17.1. The summed E-state index contributed by atoms with van der Waals surface area (Å²) in [5, 5.41) is 25.3. The molecule has 0 bridgehead atoms. The lowest BCUT2D eigenvalue weighted by atomic mass is 10.1. The number of thiazole rings is 2. The van der Waals surface area contributed by atoms with Crippen molar-refractivity contribution in [1.82, 2.24) is 14.9 Å². The summed E-state index contributed by atoms with van der Waals surface area (Å²) in [7, 11) is 0. The minimum Gasteiger partial charge on any atom is -0.482 e.